The van der Waals surface area contributed by atoms with Gasteiger partial charge in [0.1, 0.15) is 48.5 Å². The van der Waals surface area contributed by atoms with E-state index in [-0.39, 0.29) is 24.5 Å². The van der Waals surface area contributed by atoms with Gasteiger partial charge in [-0.05, 0) is 78.3 Å². The van der Waals surface area contributed by atoms with Crippen molar-refractivity contribution < 1.29 is 47.6 Å². The van der Waals surface area contributed by atoms with Crippen LogP contribution in [0.1, 0.15) is 48.5 Å². The number of alkyl carbamates (subject to hydrolysis) is 2. The van der Waals surface area contributed by atoms with E-state index in [0.717, 1.165) is 11.1 Å². The highest BCUT2D eigenvalue weighted by Crippen LogP contribution is 2.23. The number of nitrogens with one attached hydrogen (secondary N) is 2. The molecule has 0 aliphatic carbocycles. The summed E-state index contributed by atoms with van der Waals surface area (Å²) < 4.78 is 34.9. The minimum absolute atomic E-state index is 0.0650. The van der Waals surface area contributed by atoms with Crippen molar-refractivity contribution in [3.8, 4) is 11.1 Å². The molecule has 0 aliphatic rings. The van der Waals surface area contributed by atoms with Crippen LogP contribution >= 0.6 is 11.6 Å². The van der Waals surface area contributed by atoms with Crippen LogP contribution in [0.2, 0.25) is 5.02 Å². The van der Waals surface area contributed by atoms with Crippen molar-refractivity contribution in [2.45, 2.75) is 65.3 Å². The smallest absolute Gasteiger partial charge is 0.408 e. The van der Waals surface area contributed by atoms with Crippen molar-refractivity contribution >= 4 is 46.9 Å². The maximum absolute atomic E-state index is 13.6. The molecule has 0 aliphatic heterocycles. The Morgan fingerprint density at radius 2 is 1.47 bits per heavy atom. The second-order valence-corrected chi connectivity index (χ2v) is 14.8. The molecule has 2 heterocycles. The number of halogens is 1. The number of amides is 2. The molecule has 0 saturated heterocycles. The van der Waals surface area contributed by atoms with E-state index in [1.54, 1.807) is 78.1 Å². The molecular weight excluding hydrogens is 738 g/mol. The molecule has 55 heavy (non-hydrogen) atoms. The zero-order valence-corrected chi connectivity index (χ0v) is 33.0. The Morgan fingerprint density at radius 3 is 2.05 bits per heavy atom. The minimum atomic E-state index is -1.55. The summed E-state index contributed by atoms with van der Waals surface area (Å²) in [6, 6.07) is 8.91. The van der Waals surface area contributed by atoms with Crippen molar-refractivity contribution in [3.63, 3.8) is 0 Å². The highest BCUT2D eigenvalue weighted by atomic mass is 35.5. The Morgan fingerprint density at radius 1 is 0.873 bits per heavy atom. The molecule has 16 nitrogen and oxygen atoms in total. The van der Waals surface area contributed by atoms with Gasteiger partial charge >= 0.3 is 24.1 Å². The van der Waals surface area contributed by atoms with Crippen LogP contribution in [0.3, 0.4) is 0 Å². The highest BCUT2D eigenvalue weighted by molar-refractivity contribution is 6.30. The molecule has 1 unspecified atom stereocenters. The molecule has 2 amide bonds. The Kier molecular flexibility index (Phi) is 15.2. The summed E-state index contributed by atoms with van der Waals surface area (Å²) in [6.45, 7) is 13.4. The standard InChI is InChI=1S/C38H48ClN5O11/c1-25(50-9)17-29(43-24-42-44-21-27(18-30(44)33(43)47)26-12-14-28(39)15-13-26)11-10-16-51-22-38(8,53-32(46)20-41-35(49)55-37(5,6)7)23-52-31(45)19-40-34(48)54-36(2,3)4/h10-15,17-18,21,24H,1,16,19-20,22-23H2,2-9H3,(H,40,48)(H,41,49)/b11-10-,29-17+. The third-order valence-electron chi connectivity index (χ3n) is 6.92. The molecule has 298 valence electrons. The van der Waals surface area contributed by atoms with Crippen LogP contribution in [-0.4, -0.2) is 95.1 Å². The lowest BCUT2D eigenvalue weighted by molar-refractivity contribution is -0.176. The first-order valence-electron chi connectivity index (χ1n) is 17.0. The average Bonchev–Trinajstić information content (AvgIpc) is 3.53. The van der Waals surface area contributed by atoms with Crippen LogP contribution < -0.4 is 16.2 Å². The zero-order chi connectivity index (χ0) is 41.0. The van der Waals surface area contributed by atoms with Gasteiger partial charge in [-0.2, -0.15) is 5.10 Å². The molecule has 2 N–H and O–H groups in total. The molecule has 17 heteroatoms. The number of fused-ring (bicyclic) bond motifs is 1. The topological polar surface area (TPSA) is 187 Å². The van der Waals surface area contributed by atoms with Gasteiger partial charge < -0.3 is 39.1 Å². The molecule has 0 spiro atoms. The number of hydrogen-bond acceptors (Lipinski definition) is 12. The quantitative estimate of drug-likeness (QED) is 0.0630. The summed E-state index contributed by atoms with van der Waals surface area (Å²) in [4.78, 5) is 62.9. The molecule has 1 atom stereocenters. The normalized spacial score (nSPS) is 13.1. The van der Waals surface area contributed by atoms with Crippen LogP contribution in [-0.2, 0) is 38.0 Å². The number of nitrogens with zero attached hydrogens (tertiary/aromatic N) is 3. The van der Waals surface area contributed by atoms with E-state index >= 15 is 0 Å². The lowest BCUT2D eigenvalue weighted by Crippen LogP contribution is -2.45. The average molecular weight is 786 g/mol. The number of methoxy groups -OCH3 is 1. The van der Waals surface area contributed by atoms with Gasteiger partial charge in [0.2, 0.25) is 0 Å². The highest BCUT2D eigenvalue weighted by Gasteiger charge is 2.32. The lowest BCUT2D eigenvalue weighted by Gasteiger charge is -2.29. The van der Waals surface area contributed by atoms with Crippen molar-refractivity contribution in [1.82, 2.24) is 24.8 Å². The van der Waals surface area contributed by atoms with Crippen molar-refractivity contribution in [2.24, 2.45) is 0 Å². The third kappa shape index (κ3) is 15.0. The molecule has 0 radical (unpaired) electrons. The van der Waals surface area contributed by atoms with Gasteiger partial charge in [0.05, 0.1) is 26.0 Å². The number of carbonyl (C=O) groups excluding carboxylic acids is 4. The van der Waals surface area contributed by atoms with Gasteiger partial charge in [-0.25, -0.2) is 14.1 Å². The van der Waals surface area contributed by atoms with Crippen LogP contribution in [0.15, 0.2) is 78.2 Å². The van der Waals surface area contributed by atoms with E-state index in [2.05, 4.69) is 22.3 Å². The first kappa shape index (κ1) is 43.8. The van der Waals surface area contributed by atoms with Gasteiger partial charge in [-0.1, -0.05) is 36.4 Å². The maximum atomic E-state index is 13.6. The molecule has 2 aromatic heterocycles. The lowest BCUT2D eigenvalue weighted by atomic mass is 10.1. The molecule has 3 aromatic rings. The number of esters is 2. The fraction of sp³-hybridized carbons (Fsp3) is 0.421. The number of ether oxygens (including phenoxy) is 6. The molecule has 0 bridgehead atoms. The summed E-state index contributed by atoms with van der Waals surface area (Å²) >= 11 is 6.03. The first-order chi connectivity index (χ1) is 25.7. The fourth-order valence-corrected chi connectivity index (χ4v) is 4.65. The number of hydrogen-bond donors (Lipinski definition) is 2. The van der Waals surface area contributed by atoms with E-state index in [0.29, 0.717) is 16.2 Å². The second kappa shape index (κ2) is 19.1. The molecule has 0 fully saturated rings. The minimum Gasteiger partial charge on any atom is -0.497 e. The Bertz CT molecular complexity index is 1970. The summed E-state index contributed by atoms with van der Waals surface area (Å²) in [5.74, 6) is -1.45. The monoisotopic (exact) mass is 785 g/mol. The summed E-state index contributed by atoms with van der Waals surface area (Å²) in [6.07, 6.45) is 6.15. The first-order valence-corrected chi connectivity index (χ1v) is 17.4. The Balaban J connectivity index is 1.74. The van der Waals surface area contributed by atoms with Gasteiger partial charge in [0.15, 0.2) is 5.60 Å². The number of rotatable bonds is 16. The third-order valence-corrected chi connectivity index (χ3v) is 7.17. The number of aromatic nitrogens is 3. The van der Waals surface area contributed by atoms with E-state index in [9.17, 15) is 24.0 Å². The number of allylic oxidation sites excluding steroid dienone is 3. The fourth-order valence-electron chi connectivity index (χ4n) is 4.52. The Hall–Kier alpha value is -5.61. The van der Waals surface area contributed by atoms with Gasteiger partial charge in [0.25, 0.3) is 5.56 Å². The van der Waals surface area contributed by atoms with Gasteiger partial charge in [-0.3, -0.25) is 19.0 Å². The van der Waals surface area contributed by atoms with Crippen LogP contribution in [0.5, 0.6) is 0 Å². The number of benzene rings is 1. The van der Waals surface area contributed by atoms with Crippen LogP contribution in [0, 0.1) is 0 Å². The molecule has 1 aromatic carbocycles. The predicted molar refractivity (Wildman–Crippen MR) is 204 cm³/mol. The van der Waals surface area contributed by atoms with Gasteiger partial charge in [-0.15, -0.1) is 0 Å². The predicted octanol–water partition coefficient (Wildman–Crippen LogP) is 5.28. The molecule has 3 rings (SSSR count). The molecule has 0 saturated carbocycles. The maximum Gasteiger partial charge on any atom is 0.408 e. The van der Waals surface area contributed by atoms with E-state index in [1.807, 2.05) is 12.1 Å². The SMILES string of the molecule is C=C(/C=C(\C=C/COCC(C)(COC(=O)CNC(=O)OC(C)(C)C)OC(=O)CNC(=O)OC(C)(C)C)n1cnn2cc(-c3ccc(Cl)cc3)cc2c1=O)OC. The summed E-state index contributed by atoms with van der Waals surface area (Å²) in [5.41, 5.74) is -1.22. The van der Waals surface area contributed by atoms with E-state index in [1.165, 1.54) is 35.5 Å². The largest absolute Gasteiger partial charge is 0.497 e. The zero-order valence-electron chi connectivity index (χ0n) is 32.2. The van der Waals surface area contributed by atoms with Crippen LogP contribution in [0.25, 0.3) is 22.3 Å². The van der Waals surface area contributed by atoms with Crippen molar-refractivity contribution in [2.75, 3.05) is 40.0 Å². The van der Waals surface area contributed by atoms with Gasteiger partial charge in [0, 0.05) is 22.9 Å². The Labute approximate surface area is 324 Å². The summed E-state index contributed by atoms with van der Waals surface area (Å²) in [5, 5.41) is 9.59. The van der Waals surface area contributed by atoms with Crippen LogP contribution in [0.4, 0.5) is 9.59 Å². The molecular formula is C38H48ClN5O11. The summed E-state index contributed by atoms with van der Waals surface area (Å²) in [7, 11) is 1.44. The second-order valence-electron chi connectivity index (χ2n) is 14.3. The van der Waals surface area contributed by atoms with E-state index in [4.69, 9.17) is 40.0 Å². The van der Waals surface area contributed by atoms with Crippen molar-refractivity contribution in [1.29, 1.82) is 0 Å². The van der Waals surface area contributed by atoms with Crippen molar-refractivity contribution in [3.05, 3.63) is 88.8 Å². The van der Waals surface area contributed by atoms with E-state index < -0.39 is 60.6 Å². The number of carbonyl (C=O) groups is 4.